The second kappa shape index (κ2) is 25.0. The van der Waals surface area contributed by atoms with Gasteiger partial charge in [0.15, 0.2) is 0 Å². The first-order chi connectivity index (χ1) is 39.8. The molecular weight excluding hydrogens is 1120 g/mol. The SMILES string of the molecule is COCCO[C@@H](Cn1c(=O)n([C@]2(C)CCC(=O)N(C)C2)c(=O)c2c(C)c(-n3nccn3)sc21)c1cc(F)ccc1OC.COCCO[C@@H](Cn1c(=O)n([C@]2(C)CCC(=O)NC2)c(=O)c2c(C)c(-n3nccn3)sc21)c1cc(F)ccc1OC. The van der Waals surface area contributed by atoms with Gasteiger partial charge < -0.3 is 38.6 Å². The van der Waals surface area contributed by atoms with E-state index < -0.39 is 57.4 Å². The molecule has 10 rings (SSSR count). The van der Waals surface area contributed by atoms with E-state index in [1.165, 1.54) is 145 Å². The second-order valence-electron chi connectivity index (χ2n) is 20.6. The summed E-state index contributed by atoms with van der Waals surface area (Å²) in [6, 6.07) is 8.19. The van der Waals surface area contributed by atoms with Crippen molar-refractivity contribution in [2.45, 2.75) is 89.8 Å². The van der Waals surface area contributed by atoms with Gasteiger partial charge in [0, 0.05) is 69.5 Å². The summed E-state index contributed by atoms with van der Waals surface area (Å²) < 4.78 is 68.0. The number of fused-ring (bicyclic) bond motifs is 2. The summed E-state index contributed by atoms with van der Waals surface area (Å²) >= 11 is 2.41. The lowest BCUT2D eigenvalue weighted by atomic mass is 9.90. The van der Waals surface area contributed by atoms with Crippen molar-refractivity contribution in [3.63, 3.8) is 0 Å². The topological polar surface area (TPSA) is 254 Å². The number of carbonyl (C=O) groups excluding carboxylic acids is 2. The highest BCUT2D eigenvalue weighted by atomic mass is 32.1. The summed E-state index contributed by atoms with van der Waals surface area (Å²) in [7, 11) is 7.68. The van der Waals surface area contributed by atoms with E-state index in [0.29, 0.717) is 77.0 Å². The quantitative estimate of drug-likeness (QED) is 0.0994. The van der Waals surface area contributed by atoms with Crippen LogP contribution in [-0.4, -0.2) is 140 Å². The largest absolute Gasteiger partial charge is 0.496 e. The summed E-state index contributed by atoms with van der Waals surface area (Å²) in [6.45, 7) is 8.21. The molecule has 2 aromatic carbocycles. The molecule has 4 atom stereocenters. The number of likely N-dealkylation sites (N-methyl/N-ethyl adjacent to an activating group) is 1. The van der Waals surface area contributed by atoms with Crippen LogP contribution in [-0.2, 0) is 52.7 Å². The van der Waals surface area contributed by atoms with E-state index in [0.717, 1.165) is 0 Å². The number of ether oxygens (including phenoxy) is 6. The number of benzene rings is 2. The summed E-state index contributed by atoms with van der Waals surface area (Å²) in [6.07, 6.45) is 5.43. The van der Waals surface area contributed by atoms with Crippen LogP contribution in [0, 0.1) is 25.5 Å². The van der Waals surface area contributed by atoms with E-state index in [1.807, 2.05) is 6.92 Å². The van der Waals surface area contributed by atoms with Gasteiger partial charge in [-0.2, -0.15) is 20.4 Å². The standard InChI is InChI=1S/C28H33FN6O6S.C27H31FN6O6S/c1-17-23-24(37)34(28(2)9-8-22(36)32(3)16-28)27(38)33(26(23)42-25(17)35-30-10-11-31-35)15-21(41-13-12-39-4)19-14-18(29)6-7-20(19)40-5;1-16-22-23(36)33(27(2)8-7-21(35)29-15-27)26(37)32(25(22)41-24(16)34-30-9-10-31-34)14-20(40-12-11-38-3)18-13-17(28)5-6-19(18)39-4/h6-7,10-11,14,21H,8-9,12-13,15-16H2,1-5H3;5-6,9-10,13,20H,7-8,11-12,14-15H2,1-4H3,(H,29,35)/t21-,28+;20-,27+/m00/s1. The Morgan fingerprint density at radius 3 is 1.46 bits per heavy atom. The molecule has 2 aliphatic rings. The summed E-state index contributed by atoms with van der Waals surface area (Å²) in [5.41, 5.74) is -1.96. The number of halogens is 2. The van der Waals surface area contributed by atoms with E-state index in [9.17, 15) is 37.5 Å². The van der Waals surface area contributed by atoms with Crippen molar-refractivity contribution in [1.29, 1.82) is 0 Å². The van der Waals surface area contributed by atoms with Crippen LogP contribution in [0.2, 0.25) is 0 Å². The molecule has 0 unspecified atom stereocenters. The van der Waals surface area contributed by atoms with Crippen molar-refractivity contribution in [2.24, 2.45) is 0 Å². The minimum absolute atomic E-state index is 0.0505. The Kier molecular flexibility index (Phi) is 18.0. The van der Waals surface area contributed by atoms with Gasteiger partial charge in [-0.15, -0.1) is 9.59 Å². The molecule has 83 heavy (non-hydrogen) atoms. The smallest absolute Gasteiger partial charge is 0.332 e. The fourth-order valence-electron chi connectivity index (χ4n) is 10.7. The molecule has 6 aromatic heterocycles. The molecule has 1 N–H and O–H groups in total. The lowest BCUT2D eigenvalue weighted by Gasteiger charge is -2.39. The number of likely N-dealkylation sites (tertiary alicyclic amines) is 1. The Labute approximate surface area is 481 Å². The van der Waals surface area contributed by atoms with Crippen LogP contribution < -0.4 is 37.3 Å². The molecule has 2 fully saturated rings. The highest BCUT2D eigenvalue weighted by Crippen LogP contribution is 2.38. The zero-order chi connectivity index (χ0) is 59.5. The molecule has 2 saturated heterocycles. The third-order valence-corrected chi connectivity index (χ3v) is 17.6. The zero-order valence-corrected chi connectivity index (χ0v) is 48.9. The Morgan fingerprint density at radius 1 is 0.627 bits per heavy atom. The number of hydrogen-bond acceptors (Lipinski definition) is 18. The van der Waals surface area contributed by atoms with Gasteiger partial charge in [0.25, 0.3) is 11.1 Å². The van der Waals surface area contributed by atoms with E-state index >= 15 is 0 Å². The normalized spacial score (nSPS) is 18.1. The van der Waals surface area contributed by atoms with Crippen molar-refractivity contribution in [2.75, 3.05) is 75.0 Å². The van der Waals surface area contributed by atoms with Crippen LogP contribution in [0.15, 0.2) is 80.4 Å². The molecule has 0 bridgehead atoms. The first-order valence-electron chi connectivity index (χ1n) is 26.5. The zero-order valence-electron chi connectivity index (χ0n) is 47.3. The van der Waals surface area contributed by atoms with Crippen molar-refractivity contribution in [3.8, 4) is 21.5 Å². The average molecular weight is 1190 g/mol. The first-order valence-corrected chi connectivity index (χ1v) is 28.1. The molecule has 28 heteroatoms. The second-order valence-corrected chi connectivity index (χ2v) is 22.6. The Balaban J connectivity index is 0.000000200. The van der Waals surface area contributed by atoms with Gasteiger partial charge in [-0.25, -0.2) is 18.4 Å². The third-order valence-electron chi connectivity index (χ3n) is 15.1. The number of amides is 2. The number of aromatic nitrogens is 10. The number of hydrogen-bond donors (Lipinski definition) is 1. The minimum atomic E-state index is -0.973. The van der Waals surface area contributed by atoms with Gasteiger partial charge in [-0.05, 0) is 76.9 Å². The van der Waals surface area contributed by atoms with Crippen molar-refractivity contribution < 1.29 is 46.8 Å². The molecule has 0 saturated carbocycles. The third kappa shape index (κ3) is 11.8. The predicted octanol–water partition coefficient (Wildman–Crippen LogP) is 4.92. The van der Waals surface area contributed by atoms with Crippen LogP contribution in [0.25, 0.3) is 30.4 Å². The molecule has 8 heterocycles. The van der Waals surface area contributed by atoms with Gasteiger partial charge in [0.2, 0.25) is 11.8 Å². The number of rotatable bonds is 20. The highest BCUT2D eigenvalue weighted by molar-refractivity contribution is 7.21. The van der Waals surface area contributed by atoms with Gasteiger partial charge in [-0.1, -0.05) is 22.7 Å². The van der Waals surface area contributed by atoms with Gasteiger partial charge >= 0.3 is 11.4 Å². The number of carbonyl (C=O) groups is 2. The van der Waals surface area contributed by atoms with E-state index in [4.69, 9.17) is 28.4 Å². The molecular formula is C55H64F2N12O12S2. The van der Waals surface area contributed by atoms with Crippen molar-refractivity contribution in [3.05, 3.63) is 137 Å². The summed E-state index contributed by atoms with van der Waals surface area (Å²) in [4.78, 5) is 86.5. The summed E-state index contributed by atoms with van der Waals surface area (Å²) in [5.74, 6) is -0.397. The van der Waals surface area contributed by atoms with Crippen molar-refractivity contribution >= 4 is 54.9 Å². The van der Waals surface area contributed by atoms with Crippen LogP contribution in [0.4, 0.5) is 8.78 Å². The number of piperidine rings is 2. The van der Waals surface area contributed by atoms with Gasteiger partial charge in [-0.3, -0.25) is 37.4 Å². The maximum atomic E-state index is 14.5. The van der Waals surface area contributed by atoms with Gasteiger partial charge in [0.1, 0.15) is 55.0 Å². The lowest BCUT2D eigenvalue weighted by molar-refractivity contribution is -0.135. The minimum Gasteiger partial charge on any atom is -0.496 e. The van der Waals surface area contributed by atoms with Crippen LogP contribution in [0.3, 0.4) is 0 Å². The van der Waals surface area contributed by atoms with Crippen LogP contribution in [0.1, 0.15) is 74.0 Å². The lowest BCUT2D eigenvalue weighted by Crippen LogP contribution is -2.57. The number of nitrogens with zero attached hydrogens (tertiary/aromatic N) is 11. The maximum Gasteiger partial charge on any atom is 0.332 e. The number of methoxy groups -OCH3 is 4. The highest BCUT2D eigenvalue weighted by Gasteiger charge is 2.40. The van der Waals surface area contributed by atoms with E-state index in [-0.39, 0.29) is 77.3 Å². The van der Waals surface area contributed by atoms with E-state index in [2.05, 4.69) is 25.7 Å². The van der Waals surface area contributed by atoms with Crippen LogP contribution >= 0.6 is 22.7 Å². The first kappa shape index (κ1) is 59.8. The summed E-state index contributed by atoms with van der Waals surface area (Å²) in [5, 5.41) is 21.6. The van der Waals surface area contributed by atoms with Crippen molar-refractivity contribution in [1.82, 2.24) is 58.5 Å². The number of nitrogens with one attached hydrogen (secondary N) is 1. The molecule has 2 aliphatic heterocycles. The molecule has 0 radical (unpaired) electrons. The molecule has 2 amide bonds. The molecule has 8 aromatic rings. The average Bonchev–Trinajstić information content (AvgIpc) is 2.24. The number of aryl methyl sites for hydroxylation is 2. The van der Waals surface area contributed by atoms with Gasteiger partial charge in [0.05, 0.1) is 100 Å². The Bertz CT molecular complexity index is 3920. The number of thiophene rings is 2. The fraction of sp³-hybridized carbons (Fsp3) is 0.455. The molecule has 0 aliphatic carbocycles. The monoisotopic (exact) mass is 1190 g/mol. The molecule has 0 spiro atoms. The maximum absolute atomic E-state index is 14.5. The fourth-order valence-corrected chi connectivity index (χ4v) is 13.1. The van der Waals surface area contributed by atoms with Crippen LogP contribution in [0.5, 0.6) is 11.5 Å². The Hall–Kier alpha value is -7.76. The Morgan fingerprint density at radius 2 is 1.06 bits per heavy atom. The predicted molar refractivity (Wildman–Crippen MR) is 303 cm³/mol. The van der Waals surface area contributed by atoms with E-state index in [1.54, 1.807) is 27.8 Å². The molecule has 24 nitrogen and oxygen atoms in total. The molecule has 442 valence electrons.